The molecule has 128 valence electrons. The maximum atomic E-state index is 11.2. The summed E-state index contributed by atoms with van der Waals surface area (Å²) in [4.78, 5) is 0. The molecule has 0 radical (unpaired) electrons. The lowest BCUT2D eigenvalue weighted by molar-refractivity contribution is 0.0253. The van der Waals surface area contributed by atoms with Crippen LogP contribution in [0.15, 0.2) is 0 Å². The minimum absolute atomic E-state index is 0.118. The van der Waals surface area contributed by atoms with Crippen LogP contribution in [0.2, 0.25) is 0 Å². The molecule has 9 nitrogen and oxygen atoms in total. The van der Waals surface area contributed by atoms with Gasteiger partial charge in [-0.2, -0.15) is 16.8 Å². The third kappa shape index (κ3) is 5.76. The van der Waals surface area contributed by atoms with E-state index in [0.29, 0.717) is 6.61 Å². The first-order chi connectivity index (χ1) is 10.2. The zero-order chi connectivity index (χ0) is 16.4. The fourth-order valence-corrected chi connectivity index (χ4v) is 4.03. The molecular weight excluding hydrogens is 339 g/mol. The van der Waals surface area contributed by atoms with Gasteiger partial charge in [-0.3, -0.25) is 8.37 Å². The predicted octanol–water partition coefficient (Wildman–Crippen LogP) is -0.866. The first-order valence-corrected chi connectivity index (χ1v) is 9.97. The zero-order valence-electron chi connectivity index (χ0n) is 12.3. The minimum atomic E-state index is -3.57. The molecule has 22 heavy (non-hydrogen) atoms. The first-order valence-electron chi connectivity index (χ1n) is 6.82. The topological polar surface area (TPSA) is 114 Å². The van der Waals surface area contributed by atoms with Crippen LogP contribution in [-0.2, 0) is 42.6 Å². The van der Waals surface area contributed by atoms with E-state index in [0.717, 1.165) is 0 Å². The van der Waals surface area contributed by atoms with Crippen molar-refractivity contribution in [2.75, 3.05) is 31.3 Å². The van der Waals surface area contributed by atoms with Crippen molar-refractivity contribution in [3.63, 3.8) is 0 Å². The van der Waals surface area contributed by atoms with Crippen LogP contribution < -0.4 is 0 Å². The number of hydrogen-bond acceptors (Lipinski definition) is 9. The first kappa shape index (κ1) is 18.1. The molecule has 12 heteroatoms. The third-order valence-electron chi connectivity index (χ3n) is 2.82. The van der Waals surface area contributed by atoms with Crippen molar-refractivity contribution in [2.24, 2.45) is 5.92 Å². The van der Waals surface area contributed by atoms with Crippen molar-refractivity contribution in [3.05, 3.63) is 0 Å². The van der Waals surface area contributed by atoms with E-state index in [1.807, 2.05) is 13.8 Å². The molecule has 2 aliphatic rings. The second-order valence-corrected chi connectivity index (χ2v) is 8.92. The Morgan fingerprint density at radius 3 is 1.77 bits per heavy atom. The Balaban J connectivity index is 1.91. The van der Waals surface area contributed by atoms with E-state index >= 15 is 0 Å². The lowest BCUT2D eigenvalue weighted by Crippen LogP contribution is -2.39. The van der Waals surface area contributed by atoms with Crippen LogP contribution in [0, 0.1) is 5.92 Å². The van der Waals surface area contributed by atoms with Crippen LogP contribution in [0.25, 0.3) is 0 Å². The Labute approximate surface area is 130 Å². The third-order valence-corrected chi connectivity index (χ3v) is 5.37. The van der Waals surface area contributed by atoms with Crippen molar-refractivity contribution in [1.29, 1.82) is 0 Å². The summed E-state index contributed by atoms with van der Waals surface area (Å²) in [6, 6.07) is 0. The summed E-state index contributed by atoms with van der Waals surface area (Å²) in [5.41, 5.74) is 0. The van der Waals surface area contributed by atoms with E-state index in [-0.39, 0.29) is 30.6 Å². The summed E-state index contributed by atoms with van der Waals surface area (Å²) < 4.78 is 70.4. The Kier molecular flexibility index (Phi) is 5.86. The molecule has 2 aliphatic heterocycles. The molecule has 0 aromatic carbocycles. The van der Waals surface area contributed by atoms with Crippen molar-refractivity contribution in [2.45, 2.75) is 26.1 Å². The molecule has 2 atom stereocenters. The lowest BCUT2D eigenvalue weighted by atomic mass is 10.1. The van der Waals surface area contributed by atoms with Gasteiger partial charge in [-0.15, -0.1) is 0 Å². The zero-order valence-corrected chi connectivity index (χ0v) is 14.0. The Morgan fingerprint density at radius 2 is 1.45 bits per heavy atom. The minimum Gasteiger partial charge on any atom is -0.386 e. The SMILES string of the molecule is CC(C)COB(OC1COS(=O)(=O)C1)OC1COS(=O)(=O)C1. The molecule has 0 N–H and O–H groups in total. The summed E-state index contributed by atoms with van der Waals surface area (Å²) >= 11 is 0. The molecule has 0 aromatic rings. The summed E-state index contributed by atoms with van der Waals surface area (Å²) in [5.74, 6) is -0.392. The molecule has 0 amide bonds. The van der Waals surface area contributed by atoms with Crippen molar-refractivity contribution in [3.8, 4) is 0 Å². The molecule has 0 spiro atoms. The van der Waals surface area contributed by atoms with Gasteiger partial charge in [-0.25, -0.2) is 0 Å². The highest BCUT2D eigenvalue weighted by Gasteiger charge is 2.39. The number of hydrogen-bond donors (Lipinski definition) is 0. The molecule has 2 fully saturated rings. The van der Waals surface area contributed by atoms with Gasteiger partial charge in [0.05, 0.1) is 25.4 Å². The highest BCUT2D eigenvalue weighted by atomic mass is 32.2. The lowest BCUT2D eigenvalue weighted by Gasteiger charge is -2.20. The van der Waals surface area contributed by atoms with Gasteiger partial charge in [-0.1, -0.05) is 13.8 Å². The largest absolute Gasteiger partial charge is 0.640 e. The van der Waals surface area contributed by atoms with Gasteiger partial charge in [0.2, 0.25) is 0 Å². The van der Waals surface area contributed by atoms with E-state index in [4.69, 9.17) is 14.0 Å². The quantitative estimate of drug-likeness (QED) is 0.423. The average Bonchev–Trinajstić information content (AvgIpc) is 2.88. The van der Waals surface area contributed by atoms with Crippen molar-refractivity contribution >= 4 is 27.6 Å². The summed E-state index contributed by atoms with van der Waals surface area (Å²) in [6.45, 7) is 3.91. The van der Waals surface area contributed by atoms with Crippen LogP contribution in [0.1, 0.15) is 13.8 Å². The van der Waals surface area contributed by atoms with Crippen LogP contribution in [0.5, 0.6) is 0 Å². The monoisotopic (exact) mass is 358 g/mol. The van der Waals surface area contributed by atoms with E-state index < -0.39 is 39.8 Å². The fraction of sp³-hybridized carbons (Fsp3) is 1.00. The second kappa shape index (κ2) is 7.12. The van der Waals surface area contributed by atoms with E-state index in [9.17, 15) is 16.8 Å². The normalized spacial score (nSPS) is 30.0. The van der Waals surface area contributed by atoms with Crippen LogP contribution >= 0.6 is 0 Å². The Bertz CT molecular complexity index is 527. The Hall–Kier alpha value is -0.235. The fourth-order valence-electron chi connectivity index (χ4n) is 1.86. The Morgan fingerprint density at radius 1 is 1.00 bits per heavy atom. The van der Waals surface area contributed by atoms with Crippen molar-refractivity contribution < 1.29 is 39.2 Å². The van der Waals surface area contributed by atoms with Gasteiger partial charge in [-0.05, 0) is 5.92 Å². The maximum absolute atomic E-state index is 11.2. The molecule has 0 aliphatic carbocycles. The van der Waals surface area contributed by atoms with Gasteiger partial charge in [0.1, 0.15) is 11.5 Å². The van der Waals surface area contributed by atoms with E-state index in [1.165, 1.54) is 0 Å². The highest BCUT2D eigenvalue weighted by molar-refractivity contribution is 7.87. The van der Waals surface area contributed by atoms with E-state index in [1.54, 1.807) is 0 Å². The molecule has 0 saturated carbocycles. The summed E-state index contributed by atoms with van der Waals surface area (Å²) in [5, 5.41) is 0. The standard InChI is InChI=1S/C10H19BO9S2/c1-8(2)3-16-11(19-9-4-17-21(12,13)6-9)20-10-5-18-22(14,15)7-10/h8-10H,3-7H2,1-2H3. The van der Waals surface area contributed by atoms with Gasteiger partial charge in [0, 0.05) is 6.61 Å². The smallest absolute Gasteiger partial charge is 0.386 e. The van der Waals surface area contributed by atoms with Gasteiger partial charge < -0.3 is 14.0 Å². The van der Waals surface area contributed by atoms with Gasteiger partial charge in [0.15, 0.2) is 0 Å². The molecule has 2 unspecified atom stereocenters. The average molecular weight is 358 g/mol. The number of rotatable bonds is 7. The predicted molar refractivity (Wildman–Crippen MR) is 75.8 cm³/mol. The summed E-state index contributed by atoms with van der Waals surface area (Å²) in [7, 11) is -8.32. The van der Waals surface area contributed by atoms with Crippen LogP contribution in [0.4, 0.5) is 0 Å². The molecular formula is C10H19BO9S2. The van der Waals surface area contributed by atoms with E-state index in [2.05, 4.69) is 8.37 Å². The van der Waals surface area contributed by atoms with Crippen LogP contribution in [-0.4, -0.2) is 67.7 Å². The van der Waals surface area contributed by atoms with Crippen LogP contribution in [0.3, 0.4) is 0 Å². The molecule has 0 aromatic heterocycles. The molecule has 2 heterocycles. The highest BCUT2D eigenvalue weighted by Crippen LogP contribution is 2.17. The molecule has 2 rings (SSSR count). The molecule has 2 saturated heterocycles. The van der Waals surface area contributed by atoms with Crippen molar-refractivity contribution in [1.82, 2.24) is 0 Å². The summed E-state index contributed by atoms with van der Waals surface area (Å²) in [6.07, 6.45) is -1.44. The van der Waals surface area contributed by atoms with Gasteiger partial charge >= 0.3 is 7.32 Å². The van der Waals surface area contributed by atoms with Gasteiger partial charge in [0.25, 0.3) is 20.2 Å². The molecule has 0 bridgehead atoms. The maximum Gasteiger partial charge on any atom is 0.640 e. The second-order valence-electron chi connectivity index (χ2n) is 5.55.